The van der Waals surface area contributed by atoms with E-state index in [1.54, 1.807) is 54.6 Å². The Bertz CT molecular complexity index is 1200. The number of carbonyl (C=O) groups is 1. The van der Waals surface area contributed by atoms with Crippen LogP contribution in [0.1, 0.15) is 30.1 Å². The number of sulfonamides is 1. The van der Waals surface area contributed by atoms with Crippen molar-refractivity contribution in [2.45, 2.75) is 24.7 Å². The van der Waals surface area contributed by atoms with Gasteiger partial charge in [0.25, 0.3) is 15.9 Å². The molecule has 174 valence electrons. The number of rotatable bonds is 10. The molecule has 1 N–H and O–H groups in total. The minimum absolute atomic E-state index is 0.0200. The van der Waals surface area contributed by atoms with Gasteiger partial charge in [-0.05, 0) is 48.9 Å². The number of unbranched alkanes of at least 4 members (excludes halogenated alkanes) is 1. The molecule has 0 bridgehead atoms. The molecule has 33 heavy (non-hydrogen) atoms. The van der Waals surface area contributed by atoms with Gasteiger partial charge in [0.1, 0.15) is 11.5 Å². The third kappa shape index (κ3) is 5.84. The normalized spacial score (nSPS) is 11.0. The predicted octanol–water partition coefficient (Wildman–Crippen LogP) is 4.95. The van der Waals surface area contributed by atoms with Gasteiger partial charge >= 0.3 is 0 Å². The Labute approximate surface area is 195 Å². The Kier molecular flexibility index (Phi) is 7.95. The molecule has 0 aliphatic heterocycles. The van der Waals surface area contributed by atoms with Gasteiger partial charge in [-0.25, -0.2) is 8.42 Å². The van der Waals surface area contributed by atoms with E-state index in [4.69, 9.17) is 9.47 Å². The van der Waals surface area contributed by atoms with E-state index in [0.717, 1.165) is 12.8 Å². The Balaban J connectivity index is 1.86. The van der Waals surface area contributed by atoms with Crippen molar-refractivity contribution in [3.05, 3.63) is 78.4 Å². The molecule has 0 saturated heterocycles. The molecule has 0 aromatic heterocycles. The zero-order chi connectivity index (χ0) is 23.8. The van der Waals surface area contributed by atoms with Crippen molar-refractivity contribution in [3.63, 3.8) is 0 Å². The van der Waals surface area contributed by atoms with Crippen LogP contribution in [0.15, 0.2) is 77.7 Å². The van der Waals surface area contributed by atoms with Gasteiger partial charge in [-0.15, -0.1) is 0 Å². The number of benzene rings is 3. The molecule has 0 fully saturated rings. The number of hydrogen-bond acceptors (Lipinski definition) is 5. The van der Waals surface area contributed by atoms with Crippen LogP contribution in [-0.2, 0) is 10.0 Å². The van der Waals surface area contributed by atoms with Crippen LogP contribution >= 0.6 is 0 Å². The molecule has 3 aromatic carbocycles. The van der Waals surface area contributed by atoms with E-state index in [2.05, 4.69) is 12.2 Å². The standard InChI is InChI=1S/C25H28N2O5S/c1-4-5-16-32-24-15-14-21(31-3)18-23(24)26-25(28)19-10-9-13-22(17-19)33(29,30)27(2)20-11-7-6-8-12-20/h6-15,17-18H,4-5,16H2,1-3H3,(H,26,28). The molecule has 8 heteroatoms. The van der Waals surface area contributed by atoms with E-state index < -0.39 is 15.9 Å². The molecular formula is C25H28N2O5S. The first kappa shape index (κ1) is 24.1. The molecule has 0 saturated carbocycles. The summed E-state index contributed by atoms with van der Waals surface area (Å²) in [6.07, 6.45) is 1.87. The topological polar surface area (TPSA) is 84.9 Å². The highest BCUT2D eigenvalue weighted by Crippen LogP contribution is 2.30. The first-order valence-electron chi connectivity index (χ1n) is 10.6. The van der Waals surface area contributed by atoms with E-state index in [-0.39, 0.29) is 10.5 Å². The van der Waals surface area contributed by atoms with Crippen molar-refractivity contribution in [3.8, 4) is 11.5 Å². The summed E-state index contributed by atoms with van der Waals surface area (Å²) < 4.78 is 38.5. The minimum Gasteiger partial charge on any atom is -0.497 e. The Morgan fingerprint density at radius 1 is 1.00 bits per heavy atom. The van der Waals surface area contributed by atoms with E-state index in [1.165, 1.54) is 30.6 Å². The van der Waals surface area contributed by atoms with Gasteiger partial charge in [0, 0.05) is 18.7 Å². The lowest BCUT2D eigenvalue weighted by atomic mass is 10.2. The van der Waals surface area contributed by atoms with Crippen LogP contribution < -0.4 is 19.1 Å². The SMILES string of the molecule is CCCCOc1ccc(OC)cc1NC(=O)c1cccc(S(=O)(=O)N(C)c2ccccc2)c1. The molecule has 0 radical (unpaired) electrons. The number of nitrogens with one attached hydrogen (secondary N) is 1. The summed E-state index contributed by atoms with van der Waals surface area (Å²) in [5.74, 6) is 0.627. The van der Waals surface area contributed by atoms with Crippen LogP contribution in [0.25, 0.3) is 0 Å². The number of ether oxygens (including phenoxy) is 2. The molecule has 0 unspecified atom stereocenters. The average molecular weight is 469 g/mol. The van der Waals surface area contributed by atoms with E-state index in [1.807, 2.05) is 6.07 Å². The van der Waals surface area contributed by atoms with Crippen LogP contribution in [0.3, 0.4) is 0 Å². The van der Waals surface area contributed by atoms with Crippen molar-refractivity contribution in [2.24, 2.45) is 0 Å². The molecule has 7 nitrogen and oxygen atoms in total. The molecule has 0 aliphatic rings. The minimum atomic E-state index is -3.85. The van der Waals surface area contributed by atoms with Gasteiger partial charge in [0.15, 0.2) is 0 Å². The number of para-hydroxylation sites is 1. The second kappa shape index (κ2) is 10.9. The second-order valence-corrected chi connectivity index (χ2v) is 9.32. The van der Waals surface area contributed by atoms with Crippen molar-refractivity contribution >= 4 is 27.3 Å². The van der Waals surface area contributed by atoms with E-state index >= 15 is 0 Å². The molecule has 0 aliphatic carbocycles. The van der Waals surface area contributed by atoms with Crippen LogP contribution in [0.4, 0.5) is 11.4 Å². The summed E-state index contributed by atoms with van der Waals surface area (Å²) in [6, 6.07) is 19.9. The number of nitrogens with zero attached hydrogens (tertiary/aromatic N) is 1. The molecular weight excluding hydrogens is 440 g/mol. The number of carbonyl (C=O) groups excluding carboxylic acids is 1. The summed E-state index contributed by atoms with van der Waals surface area (Å²) >= 11 is 0. The van der Waals surface area contributed by atoms with Gasteiger partial charge in [0.05, 0.1) is 30.0 Å². The van der Waals surface area contributed by atoms with Crippen molar-refractivity contribution in [1.29, 1.82) is 0 Å². The Hall–Kier alpha value is -3.52. The second-order valence-electron chi connectivity index (χ2n) is 7.35. The highest BCUT2D eigenvalue weighted by atomic mass is 32.2. The fourth-order valence-electron chi connectivity index (χ4n) is 3.11. The fraction of sp³-hybridized carbons (Fsp3) is 0.240. The fourth-order valence-corrected chi connectivity index (χ4v) is 4.36. The van der Waals surface area contributed by atoms with Gasteiger partial charge in [-0.1, -0.05) is 37.6 Å². The van der Waals surface area contributed by atoms with Crippen molar-refractivity contribution in [2.75, 3.05) is 30.4 Å². The molecule has 0 atom stereocenters. The zero-order valence-electron chi connectivity index (χ0n) is 18.9. The first-order chi connectivity index (χ1) is 15.9. The van der Waals surface area contributed by atoms with E-state index in [9.17, 15) is 13.2 Å². The van der Waals surface area contributed by atoms with Crippen molar-refractivity contribution in [1.82, 2.24) is 0 Å². The lowest BCUT2D eigenvalue weighted by Crippen LogP contribution is -2.26. The number of anilines is 2. The van der Waals surface area contributed by atoms with Gasteiger partial charge in [-0.3, -0.25) is 9.10 Å². The summed E-state index contributed by atoms with van der Waals surface area (Å²) in [6.45, 7) is 2.58. The quantitative estimate of drug-likeness (QED) is 0.426. The third-order valence-electron chi connectivity index (χ3n) is 5.06. The highest BCUT2D eigenvalue weighted by Gasteiger charge is 2.22. The maximum atomic E-state index is 13.1. The van der Waals surface area contributed by atoms with Crippen LogP contribution in [0, 0.1) is 0 Å². The summed E-state index contributed by atoms with van der Waals surface area (Å²) in [7, 11) is -0.828. The van der Waals surface area contributed by atoms with Crippen molar-refractivity contribution < 1.29 is 22.7 Å². The summed E-state index contributed by atoms with van der Waals surface area (Å²) in [5, 5.41) is 2.82. The van der Waals surface area contributed by atoms with Crippen LogP contribution in [0.5, 0.6) is 11.5 Å². The molecule has 3 aromatic rings. The predicted molar refractivity (Wildman–Crippen MR) is 130 cm³/mol. The molecule has 1 amide bonds. The lowest BCUT2D eigenvalue weighted by Gasteiger charge is -2.20. The molecule has 0 spiro atoms. The molecule has 3 rings (SSSR count). The first-order valence-corrected chi connectivity index (χ1v) is 12.1. The molecule has 0 heterocycles. The monoisotopic (exact) mass is 468 g/mol. The summed E-state index contributed by atoms with van der Waals surface area (Å²) in [5.41, 5.74) is 1.18. The van der Waals surface area contributed by atoms with Gasteiger partial charge in [-0.2, -0.15) is 0 Å². The highest BCUT2D eigenvalue weighted by molar-refractivity contribution is 7.92. The number of methoxy groups -OCH3 is 1. The Morgan fingerprint density at radius 2 is 1.76 bits per heavy atom. The van der Waals surface area contributed by atoms with Gasteiger partial charge in [0.2, 0.25) is 0 Å². The summed E-state index contributed by atoms with van der Waals surface area (Å²) in [4.78, 5) is 13.0. The third-order valence-corrected chi connectivity index (χ3v) is 6.85. The average Bonchev–Trinajstić information content (AvgIpc) is 2.85. The largest absolute Gasteiger partial charge is 0.497 e. The number of hydrogen-bond donors (Lipinski definition) is 1. The lowest BCUT2D eigenvalue weighted by molar-refractivity contribution is 0.102. The van der Waals surface area contributed by atoms with Crippen LogP contribution in [-0.4, -0.2) is 35.1 Å². The number of amides is 1. The maximum Gasteiger partial charge on any atom is 0.264 e. The van der Waals surface area contributed by atoms with Crippen LogP contribution in [0.2, 0.25) is 0 Å². The maximum absolute atomic E-state index is 13.1. The van der Waals surface area contributed by atoms with E-state index in [0.29, 0.717) is 29.5 Å². The van der Waals surface area contributed by atoms with Gasteiger partial charge < -0.3 is 14.8 Å². The Morgan fingerprint density at radius 3 is 2.45 bits per heavy atom. The zero-order valence-corrected chi connectivity index (χ0v) is 19.8. The smallest absolute Gasteiger partial charge is 0.264 e.